The Labute approximate surface area is 110 Å². The van der Waals surface area contributed by atoms with Crippen molar-refractivity contribution in [3.8, 4) is 0 Å². The maximum Gasteiger partial charge on any atom is 0.0510 e. The van der Waals surface area contributed by atoms with E-state index in [1.54, 1.807) is 11.1 Å². The summed E-state index contributed by atoms with van der Waals surface area (Å²) in [5.41, 5.74) is 3.12. The van der Waals surface area contributed by atoms with E-state index < -0.39 is 0 Å². The third-order valence-corrected chi connectivity index (χ3v) is 4.70. The van der Waals surface area contributed by atoms with Gasteiger partial charge in [-0.25, -0.2) is 0 Å². The summed E-state index contributed by atoms with van der Waals surface area (Å²) < 4.78 is 5.56. The molecule has 3 rings (SSSR count). The second kappa shape index (κ2) is 5.41. The quantitative estimate of drug-likeness (QED) is 0.883. The van der Waals surface area contributed by atoms with Crippen molar-refractivity contribution in [1.29, 1.82) is 0 Å². The van der Waals surface area contributed by atoms with E-state index in [-0.39, 0.29) is 0 Å². The molecule has 98 valence electrons. The van der Waals surface area contributed by atoms with E-state index in [2.05, 4.69) is 36.6 Å². The highest BCUT2D eigenvalue weighted by Crippen LogP contribution is 2.32. The van der Waals surface area contributed by atoms with Crippen molar-refractivity contribution < 1.29 is 4.74 Å². The van der Waals surface area contributed by atoms with Crippen molar-refractivity contribution >= 4 is 0 Å². The highest BCUT2D eigenvalue weighted by Gasteiger charge is 2.32. The molecule has 1 saturated heterocycles. The van der Waals surface area contributed by atoms with Crippen LogP contribution in [0.3, 0.4) is 0 Å². The van der Waals surface area contributed by atoms with Gasteiger partial charge in [-0.1, -0.05) is 24.3 Å². The van der Waals surface area contributed by atoms with Crippen LogP contribution in [-0.4, -0.2) is 26.3 Å². The standard InChI is InChI=1S/C16H23NO/c1-17-16(15-8-9-18-11-15)14-7-6-12-4-2-3-5-13(12)10-14/h2-5,14-17H,6-11H2,1H3. The van der Waals surface area contributed by atoms with Crippen LogP contribution in [-0.2, 0) is 17.6 Å². The number of aryl methyl sites for hydroxylation is 1. The molecule has 0 amide bonds. The molecule has 1 aromatic rings. The van der Waals surface area contributed by atoms with Crippen LogP contribution in [0, 0.1) is 11.8 Å². The number of benzene rings is 1. The summed E-state index contributed by atoms with van der Waals surface area (Å²) in [4.78, 5) is 0. The molecule has 0 aromatic heterocycles. The smallest absolute Gasteiger partial charge is 0.0510 e. The van der Waals surface area contributed by atoms with Crippen molar-refractivity contribution in [3.63, 3.8) is 0 Å². The molecule has 3 atom stereocenters. The Hall–Kier alpha value is -0.860. The molecule has 1 aliphatic carbocycles. The molecule has 0 saturated carbocycles. The van der Waals surface area contributed by atoms with Crippen LogP contribution >= 0.6 is 0 Å². The number of rotatable bonds is 3. The molecule has 1 fully saturated rings. The lowest BCUT2D eigenvalue weighted by molar-refractivity contribution is 0.163. The van der Waals surface area contributed by atoms with Crippen LogP contribution in [0.5, 0.6) is 0 Å². The lowest BCUT2D eigenvalue weighted by atomic mass is 9.76. The molecule has 2 nitrogen and oxygen atoms in total. The van der Waals surface area contributed by atoms with E-state index in [9.17, 15) is 0 Å². The van der Waals surface area contributed by atoms with E-state index in [0.717, 1.165) is 19.1 Å². The number of ether oxygens (including phenoxy) is 1. The molecule has 3 unspecified atom stereocenters. The SMILES string of the molecule is CNC(C1CCOC1)C1CCc2ccccc2C1. The van der Waals surface area contributed by atoms with Crippen LogP contribution < -0.4 is 5.32 Å². The Morgan fingerprint density at radius 3 is 2.72 bits per heavy atom. The second-order valence-electron chi connectivity index (χ2n) is 5.71. The fraction of sp³-hybridized carbons (Fsp3) is 0.625. The molecule has 1 N–H and O–H groups in total. The summed E-state index contributed by atoms with van der Waals surface area (Å²) in [6, 6.07) is 9.56. The fourth-order valence-corrected chi connectivity index (χ4v) is 3.72. The van der Waals surface area contributed by atoms with Crippen LogP contribution in [0.25, 0.3) is 0 Å². The average Bonchev–Trinajstić information content (AvgIpc) is 2.93. The molecule has 2 heteroatoms. The van der Waals surface area contributed by atoms with Crippen LogP contribution in [0.15, 0.2) is 24.3 Å². The summed E-state index contributed by atoms with van der Waals surface area (Å²) in [6.45, 7) is 1.90. The maximum atomic E-state index is 5.56. The summed E-state index contributed by atoms with van der Waals surface area (Å²) in [7, 11) is 2.11. The highest BCUT2D eigenvalue weighted by molar-refractivity contribution is 5.30. The van der Waals surface area contributed by atoms with Gasteiger partial charge in [-0.3, -0.25) is 0 Å². The summed E-state index contributed by atoms with van der Waals surface area (Å²) in [5.74, 6) is 1.49. The van der Waals surface area contributed by atoms with Gasteiger partial charge in [0.25, 0.3) is 0 Å². The van der Waals surface area contributed by atoms with E-state index in [4.69, 9.17) is 4.74 Å². The normalized spacial score (nSPS) is 28.9. The van der Waals surface area contributed by atoms with E-state index in [1.807, 2.05) is 0 Å². The van der Waals surface area contributed by atoms with Crippen molar-refractivity contribution in [2.24, 2.45) is 11.8 Å². The number of fused-ring (bicyclic) bond motifs is 1. The van der Waals surface area contributed by atoms with Gasteiger partial charge in [0.2, 0.25) is 0 Å². The predicted octanol–water partition coefficient (Wildman–Crippen LogP) is 2.42. The van der Waals surface area contributed by atoms with Crippen molar-refractivity contribution in [2.75, 3.05) is 20.3 Å². The van der Waals surface area contributed by atoms with E-state index in [0.29, 0.717) is 12.0 Å². The zero-order valence-electron chi connectivity index (χ0n) is 11.2. The first kappa shape index (κ1) is 12.2. The Balaban J connectivity index is 1.73. The Morgan fingerprint density at radius 1 is 1.17 bits per heavy atom. The van der Waals surface area contributed by atoms with Crippen molar-refractivity contribution in [2.45, 2.75) is 31.7 Å². The summed E-state index contributed by atoms with van der Waals surface area (Å²) >= 11 is 0. The Kier molecular flexibility index (Phi) is 3.67. The third kappa shape index (κ3) is 2.32. The van der Waals surface area contributed by atoms with Gasteiger partial charge in [0, 0.05) is 18.6 Å². The molecule has 1 aliphatic heterocycles. The molecule has 18 heavy (non-hydrogen) atoms. The van der Waals surface area contributed by atoms with Crippen molar-refractivity contribution in [3.05, 3.63) is 35.4 Å². The molecule has 0 spiro atoms. The van der Waals surface area contributed by atoms with Gasteiger partial charge in [0.1, 0.15) is 0 Å². The molecule has 1 aromatic carbocycles. The van der Waals surface area contributed by atoms with Gasteiger partial charge in [-0.05, 0) is 49.8 Å². The largest absolute Gasteiger partial charge is 0.381 e. The summed E-state index contributed by atoms with van der Waals surface area (Å²) in [6.07, 6.45) is 5.02. The van der Waals surface area contributed by atoms with Gasteiger partial charge < -0.3 is 10.1 Å². The van der Waals surface area contributed by atoms with Gasteiger partial charge in [-0.2, -0.15) is 0 Å². The van der Waals surface area contributed by atoms with E-state index in [1.165, 1.54) is 25.7 Å². The first-order chi connectivity index (χ1) is 8.88. The number of hydrogen-bond donors (Lipinski definition) is 1. The van der Waals surface area contributed by atoms with Gasteiger partial charge in [-0.15, -0.1) is 0 Å². The predicted molar refractivity (Wildman–Crippen MR) is 73.7 cm³/mol. The molecular formula is C16H23NO. The topological polar surface area (TPSA) is 21.3 Å². The lowest BCUT2D eigenvalue weighted by Crippen LogP contribution is -2.42. The Morgan fingerprint density at radius 2 is 2.00 bits per heavy atom. The zero-order valence-corrected chi connectivity index (χ0v) is 11.2. The van der Waals surface area contributed by atoms with Gasteiger partial charge in [0.05, 0.1) is 6.61 Å². The minimum atomic E-state index is 0.626. The molecule has 1 heterocycles. The first-order valence-corrected chi connectivity index (χ1v) is 7.20. The van der Waals surface area contributed by atoms with Crippen molar-refractivity contribution in [1.82, 2.24) is 5.32 Å². The van der Waals surface area contributed by atoms with E-state index >= 15 is 0 Å². The molecule has 2 aliphatic rings. The van der Waals surface area contributed by atoms with Crippen LogP contribution in [0.2, 0.25) is 0 Å². The third-order valence-electron chi connectivity index (χ3n) is 4.70. The lowest BCUT2D eigenvalue weighted by Gasteiger charge is -2.34. The molecular weight excluding hydrogens is 222 g/mol. The van der Waals surface area contributed by atoms with Crippen LogP contribution in [0.4, 0.5) is 0 Å². The fourth-order valence-electron chi connectivity index (χ4n) is 3.72. The van der Waals surface area contributed by atoms with Crippen LogP contribution in [0.1, 0.15) is 24.0 Å². The minimum Gasteiger partial charge on any atom is -0.381 e. The maximum absolute atomic E-state index is 5.56. The van der Waals surface area contributed by atoms with Gasteiger partial charge in [0.15, 0.2) is 0 Å². The second-order valence-corrected chi connectivity index (χ2v) is 5.71. The number of hydrogen-bond acceptors (Lipinski definition) is 2. The molecule has 0 radical (unpaired) electrons. The first-order valence-electron chi connectivity index (χ1n) is 7.20. The zero-order chi connectivity index (χ0) is 12.4. The summed E-state index contributed by atoms with van der Waals surface area (Å²) in [5, 5.41) is 3.56. The number of nitrogens with one attached hydrogen (secondary N) is 1. The van der Waals surface area contributed by atoms with Gasteiger partial charge >= 0.3 is 0 Å². The minimum absolute atomic E-state index is 0.626. The molecule has 0 bridgehead atoms. The Bertz CT molecular complexity index is 398. The highest BCUT2D eigenvalue weighted by atomic mass is 16.5. The monoisotopic (exact) mass is 245 g/mol. The average molecular weight is 245 g/mol.